The molecular weight excluding hydrogens is 504 g/mol. The number of sulfonamides is 1. The highest BCUT2D eigenvalue weighted by Gasteiger charge is 2.39. The van der Waals surface area contributed by atoms with Crippen molar-refractivity contribution in [3.05, 3.63) is 101 Å². The molecule has 1 aliphatic heterocycles. The second-order valence-corrected chi connectivity index (χ2v) is 11.4. The molecule has 1 atom stereocenters. The number of rotatable bonds is 10. The lowest BCUT2D eigenvalue weighted by atomic mass is 10.0. The number of nitrogens with zero attached hydrogens (tertiary/aromatic N) is 2. The highest BCUT2D eigenvalue weighted by molar-refractivity contribution is 7.92. The van der Waals surface area contributed by atoms with E-state index in [9.17, 15) is 22.8 Å². The molecule has 1 aliphatic rings. The Kier molecular flexibility index (Phi) is 7.97. The zero-order chi connectivity index (χ0) is 27.4. The number of amides is 2. The number of fused-ring (bicyclic) bond motifs is 1. The number of anilines is 1. The van der Waals surface area contributed by atoms with Gasteiger partial charge in [-0.15, -0.1) is 0 Å². The molecule has 0 N–H and O–H groups in total. The van der Waals surface area contributed by atoms with Crippen molar-refractivity contribution in [2.75, 3.05) is 17.1 Å². The second kappa shape index (κ2) is 11.2. The van der Waals surface area contributed by atoms with Gasteiger partial charge in [0.15, 0.2) is 0 Å². The van der Waals surface area contributed by atoms with E-state index in [4.69, 9.17) is 4.74 Å². The smallest absolute Gasteiger partial charge is 0.330 e. The third-order valence-corrected chi connectivity index (χ3v) is 7.63. The Morgan fingerprint density at radius 2 is 1.42 bits per heavy atom. The van der Waals surface area contributed by atoms with Crippen molar-refractivity contribution in [3.63, 3.8) is 0 Å². The van der Waals surface area contributed by atoms with Crippen LogP contribution in [0.4, 0.5) is 5.69 Å². The maximum Gasteiger partial charge on any atom is 0.330 e. The molecule has 3 aromatic rings. The summed E-state index contributed by atoms with van der Waals surface area (Å²) in [6.07, 6.45) is 0.876. The number of carbonyl (C=O) groups is 3. The van der Waals surface area contributed by atoms with Gasteiger partial charge in [-0.3, -0.25) is 18.8 Å². The van der Waals surface area contributed by atoms with Crippen molar-refractivity contribution in [2.24, 2.45) is 0 Å². The van der Waals surface area contributed by atoms with Crippen molar-refractivity contribution in [1.82, 2.24) is 4.90 Å². The fraction of sp³-hybridized carbons (Fsp3) is 0.276. The number of ether oxygens (including phenoxy) is 1. The van der Waals surface area contributed by atoms with Gasteiger partial charge >= 0.3 is 5.97 Å². The summed E-state index contributed by atoms with van der Waals surface area (Å²) < 4.78 is 32.7. The maximum atomic E-state index is 13.4. The molecule has 198 valence electrons. The van der Waals surface area contributed by atoms with Gasteiger partial charge in [0.2, 0.25) is 10.0 Å². The van der Waals surface area contributed by atoms with Gasteiger partial charge in [-0.05, 0) is 47.7 Å². The quantitative estimate of drug-likeness (QED) is 0.283. The molecule has 0 aromatic heterocycles. The standard InChI is InChI=1S/C29H30N2O6S/c1-20(2)22-13-15-23(16-14-22)31(38(3,35)36)26(29(34)37-19-21-9-5-4-6-10-21)17-18-30-27(32)24-11-7-8-12-25(24)28(30)33/h4-16,20,26H,17-19H2,1-3H3. The second-order valence-electron chi connectivity index (χ2n) is 9.51. The summed E-state index contributed by atoms with van der Waals surface area (Å²) in [4.78, 5) is 40.3. The third-order valence-electron chi connectivity index (χ3n) is 6.45. The van der Waals surface area contributed by atoms with Gasteiger partial charge in [0.05, 0.1) is 23.1 Å². The summed E-state index contributed by atoms with van der Waals surface area (Å²) in [5, 5.41) is 0. The number of esters is 1. The molecule has 0 aliphatic carbocycles. The van der Waals surface area contributed by atoms with E-state index in [1.807, 2.05) is 44.2 Å². The van der Waals surface area contributed by atoms with Crippen molar-refractivity contribution in [3.8, 4) is 0 Å². The van der Waals surface area contributed by atoms with Gasteiger partial charge in [0.1, 0.15) is 12.6 Å². The van der Waals surface area contributed by atoms with E-state index < -0.39 is 33.8 Å². The van der Waals surface area contributed by atoms with Crippen LogP contribution in [-0.2, 0) is 26.2 Å². The molecule has 0 fully saturated rings. The van der Waals surface area contributed by atoms with Gasteiger partial charge in [0.25, 0.3) is 11.8 Å². The summed E-state index contributed by atoms with van der Waals surface area (Å²) in [7, 11) is -3.96. The number of imide groups is 1. The largest absolute Gasteiger partial charge is 0.459 e. The Labute approximate surface area is 222 Å². The molecule has 0 spiro atoms. The molecular formula is C29H30N2O6S. The molecule has 38 heavy (non-hydrogen) atoms. The molecule has 4 rings (SSSR count). The first-order chi connectivity index (χ1) is 18.1. The lowest BCUT2D eigenvalue weighted by molar-refractivity contribution is -0.146. The van der Waals surface area contributed by atoms with Crippen molar-refractivity contribution >= 4 is 33.5 Å². The maximum absolute atomic E-state index is 13.4. The van der Waals surface area contributed by atoms with E-state index in [0.29, 0.717) is 5.69 Å². The van der Waals surface area contributed by atoms with Crippen LogP contribution in [0.1, 0.15) is 58.0 Å². The van der Waals surface area contributed by atoms with E-state index in [2.05, 4.69) is 0 Å². The summed E-state index contributed by atoms with van der Waals surface area (Å²) >= 11 is 0. The molecule has 3 aromatic carbocycles. The number of benzene rings is 3. The van der Waals surface area contributed by atoms with Crippen LogP contribution in [0.25, 0.3) is 0 Å². The fourth-order valence-corrected chi connectivity index (χ4v) is 5.62. The number of hydrogen-bond donors (Lipinski definition) is 0. The molecule has 8 nitrogen and oxygen atoms in total. The first kappa shape index (κ1) is 27.1. The lowest BCUT2D eigenvalue weighted by Gasteiger charge is -2.31. The van der Waals surface area contributed by atoms with Crippen LogP contribution >= 0.6 is 0 Å². The molecule has 1 unspecified atom stereocenters. The average Bonchev–Trinajstić information content (AvgIpc) is 3.14. The minimum absolute atomic E-state index is 0.0485. The van der Waals surface area contributed by atoms with E-state index in [-0.39, 0.29) is 36.6 Å². The summed E-state index contributed by atoms with van der Waals surface area (Å²) in [5.41, 5.74) is 2.61. The monoisotopic (exact) mass is 534 g/mol. The first-order valence-corrected chi connectivity index (χ1v) is 14.2. The van der Waals surface area contributed by atoms with Crippen LogP contribution in [-0.4, -0.2) is 49.9 Å². The molecule has 0 bridgehead atoms. The molecule has 9 heteroatoms. The summed E-state index contributed by atoms with van der Waals surface area (Å²) in [6.45, 7) is 3.84. The predicted octanol–water partition coefficient (Wildman–Crippen LogP) is 4.37. The van der Waals surface area contributed by atoms with E-state index in [0.717, 1.165) is 26.6 Å². The van der Waals surface area contributed by atoms with E-state index in [1.165, 1.54) is 0 Å². The van der Waals surface area contributed by atoms with Gasteiger partial charge in [-0.1, -0.05) is 68.4 Å². The van der Waals surface area contributed by atoms with Gasteiger partial charge in [0, 0.05) is 6.54 Å². The van der Waals surface area contributed by atoms with Crippen LogP contribution in [0.3, 0.4) is 0 Å². The molecule has 0 radical (unpaired) electrons. The van der Waals surface area contributed by atoms with Gasteiger partial charge < -0.3 is 4.74 Å². The van der Waals surface area contributed by atoms with Crippen molar-refractivity contribution in [1.29, 1.82) is 0 Å². The highest BCUT2D eigenvalue weighted by Crippen LogP contribution is 2.28. The lowest BCUT2D eigenvalue weighted by Crippen LogP contribution is -2.47. The molecule has 1 heterocycles. The minimum Gasteiger partial charge on any atom is -0.459 e. The molecule has 0 saturated carbocycles. The van der Waals surface area contributed by atoms with Gasteiger partial charge in [-0.25, -0.2) is 13.2 Å². The van der Waals surface area contributed by atoms with Crippen LogP contribution in [0.5, 0.6) is 0 Å². The van der Waals surface area contributed by atoms with Crippen molar-refractivity contribution in [2.45, 2.75) is 38.8 Å². The zero-order valence-corrected chi connectivity index (χ0v) is 22.4. The minimum atomic E-state index is -3.96. The molecule has 0 saturated heterocycles. The SMILES string of the molecule is CC(C)c1ccc(N(C(CCN2C(=O)c3ccccc3C2=O)C(=O)OCc2ccccc2)S(C)(=O)=O)cc1. The summed E-state index contributed by atoms with van der Waals surface area (Å²) in [6, 6.07) is 21.1. The zero-order valence-electron chi connectivity index (χ0n) is 21.5. The Balaban J connectivity index is 1.64. The van der Waals surface area contributed by atoms with Crippen LogP contribution in [0, 0.1) is 0 Å². The number of hydrogen-bond acceptors (Lipinski definition) is 6. The Hall–Kier alpha value is -3.98. The normalized spacial score (nSPS) is 13.9. The van der Waals surface area contributed by atoms with Crippen molar-refractivity contribution < 1.29 is 27.5 Å². The first-order valence-electron chi connectivity index (χ1n) is 12.3. The Morgan fingerprint density at radius 1 is 0.868 bits per heavy atom. The Morgan fingerprint density at radius 3 is 1.95 bits per heavy atom. The van der Waals surface area contributed by atoms with Gasteiger partial charge in [-0.2, -0.15) is 0 Å². The van der Waals surface area contributed by atoms with Crippen LogP contribution in [0.15, 0.2) is 78.9 Å². The average molecular weight is 535 g/mol. The third kappa shape index (κ3) is 5.78. The fourth-order valence-electron chi connectivity index (χ4n) is 4.46. The van der Waals surface area contributed by atoms with E-state index >= 15 is 0 Å². The van der Waals surface area contributed by atoms with Crippen LogP contribution in [0.2, 0.25) is 0 Å². The van der Waals surface area contributed by atoms with Crippen LogP contribution < -0.4 is 4.31 Å². The summed E-state index contributed by atoms with van der Waals surface area (Å²) in [5.74, 6) is -1.50. The predicted molar refractivity (Wildman–Crippen MR) is 144 cm³/mol. The molecule has 2 amide bonds. The highest BCUT2D eigenvalue weighted by atomic mass is 32.2. The number of carbonyl (C=O) groups excluding carboxylic acids is 3. The van der Waals surface area contributed by atoms with E-state index in [1.54, 1.807) is 48.5 Å². The topological polar surface area (TPSA) is 101 Å². The Bertz CT molecular complexity index is 1400.